The van der Waals surface area contributed by atoms with Crippen molar-refractivity contribution in [3.05, 3.63) is 70.2 Å². The average molecular weight is 300 g/mol. The summed E-state index contributed by atoms with van der Waals surface area (Å²) in [5.41, 5.74) is 4.03. The van der Waals surface area contributed by atoms with Gasteiger partial charge in [0.15, 0.2) is 0 Å². The van der Waals surface area contributed by atoms with E-state index < -0.39 is 0 Å². The van der Waals surface area contributed by atoms with E-state index in [0.29, 0.717) is 17.9 Å². The molecule has 2 aromatic rings. The Kier molecular flexibility index (Phi) is 4.32. The minimum absolute atomic E-state index is 0.402. The van der Waals surface area contributed by atoms with Crippen molar-refractivity contribution in [2.24, 2.45) is 5.92 Å². The molecule has 2 heteroatoms. The van der Waals surface area contributed by atoms with Crippen molar-refractivity contribution < 1.29 is 0 Å². The number of halogens is 1. The molecule has 1 aliphatic carbocycles. The van der Waals surface area contributed by atoms with Crippen LogP contribution in [0.25, 0.3) is 0 Å². The lowest BCUT2D eigenvalue weighted by molar-refractivity contribution is 0.485. The largest absolute Gasteiger partial charge is 0.310 e. The summed E-state index contributed by atoms with van der Waals surface area (Å²) in [7, 11) is 0. The predicted octanol–water partition coefficient (Wildman–Crippen LogP) is 5.10. The van der Waals surface area contributed by atoms with Crippen molar-refractivity contribution in [3.63, 3.8) is 0 Å². The molecule has 110 valence electrons. The predicted molar refractivity (Wildman–Crippen MR) is 89.9 cm³/mol. The van der Waals surface area contributed by atoms with Crippen LogP contribution in [0.3, 0.4) is 0 Å². The zero-order chi connectivity index (χ0) is 14.8. The Morgan fingerprint density at radius 2 is 1.90 bits per heavy atom. The molecule has 1 fully saturated rings. The molecule has 0 bridgehead atoms. The van der Waals surface area contributed by atoms with E-state index in [4.69, 9.17) is 11.6 Å². The molecule has 0 aromatic heterocycles. The normalized spacial score (nSPS) is 22.0. The molecule has 3 unspecified atom stereocenters. The number of hydrogen-bond acceptors (Lipinski definition) is 1. The van der Waals surface area contributed by atoms with E-state index in [1.54, 1.807) is 0 Å². The van der Waals surface area contributed by atoms with Crippen LogP contribution in [0.15, 0.2) is 48.5 Å². The monoisotopic (exact) mass is 299 g/mol. The highest BCUT2D eigenvalue weighted by Crippen LogP contribution is 2.54. The molecule has 1 N–H and O–H groups in total. The highest BCUT2D eigenvalue weighted by molar-refractivity contribution is 6.31. The topological polar surface area (TPSA) is 12.0 Å². The molecule has 2 aromatic carbocycles. The minimum Gasteiger partial charge on any atom is -0.310 e. The summed E-state index contributed by atoms with van der Waals surface area (Å²) in [4.78, 5) is 0. The maximum atomic E-state index is 6.31. The van der Waals surface area contributed by atoms with E-state index in [9.17, 15) is 0 Å². The zero-order valence-electron chi connectivity index (χ0n) is 12.6. The quantitative estimate of drug-likeness (QED) is 0.809. The van der Waals surface area contributed by atoms with Crippen LogP contribution in [0.2, 0.25) is 5.02 Å². The second-order valence-corrected chi connectivity index (χ2v) is 6.31. The van der Waals surface area contributed by atoms with Crippen molar-refractivity contribution in [2.45, 2.75) is 32.2 Å². The summed E-state index contributed by atoms with van der Waals surface area (Å²) in [6.07, 6.45) is 1.26. The number of rotatable bonds is 5. The second kappa shape index (κ2) is 6.21. The van der Waals surface area contributed by atoms with Crippen LogP contribution in [0, 0.1) is 12.8 Å². The first-order valence-corrected chi connectivity index (χ1v) is 8.13. The number of benzene rings is 2. The van der Waals surface area contributed by atoms with Crippen LogP contribution in [0.1, 0.15) is 42.0 Å². The molecule has 3 atom stereocenters. The smallest absolute Gasteiger partial charge is 0.0438 e. The van der Waals surface area contributed by atoms with Crippen molar-refractivity contribution in [1.82, 2.24) is 5.32 Å². The van der Waals surface area contributed by atoms with Gasteiger partial charge in [0.05, 0.1) is 0 Å². The molecular weight excluding hydrogens is 278 g/mol. The minimum atomic E-state index is 0.402. The van der Waals surface area contributed by atoms with E-state index in [2.05, 4.69) is 61.6 Å². The Bertz CT molecular complexity index is 608. The van der Waals surface area contributed by atoms with Gasteiger partial charge < -0.3 is 5.32 Å². The van der Waals surface area contributed by atoms with Crippen molar-refractivity contribution >= 4 is 11.6 Å². The van der Waals surface area contributed by atoms with Gasteiger partial charge in [-0.3, -0.25) is 0 Å². The SMILES string of the molecule is CCNC(c1cccc(Cl)c1C)C1CC1c1ccccc1. The lowest BCUT2D eigenvalue weighted by Crippen LogP contribution is -2.24. The Labute approximate surface area is 132 Å². The first-order chi connectivity index (χ1) is 10.2. The molecule has 1 aliphatic rings. The van der Waals surface area contributed by atoms with Gasteiger partial charge in [0.25, 0.3) is 0 Å². The van der Waals surface area contributed by atoms with Gasteiger partial charge in [-0.2, -0.15) is 0 Å². The molecule has 0 radical (unpaired) electrons. The average Bonchev–Trinajstić information content (AvgIpc) is 3.29. The molecule has 1 saturated carbocycles. The maximum absolute atomic E-state index is 6.31. The fraction of sp³-hybridized carbons (Fsp3) is 0.368. The molecule has 0 aliphatic heterocycles. The molecule has 0 saturated heterocycles. The van der Waals surface area contributed by atoms with E-state index in [-0.39, 0.29) is 0 Å². The lowest BCUT2D eigenvalue weighted by Gasteiger charge is -2.21. The van der Waals surface area contributed by atoms with E-state index >= 15 is 0 Å². The third-order valence-electron chi connectivity index (χ3n) is 4.56. The number of hydrogen-bond donors (Lipinski definition) is 1. The summed E-state index contributed by atoms with van der Waals surface area (Å²) >= 11 is 6.31. The van der Waals surface area contributed by atoms with Crippen LogP contribution >= 0.6 is 11.6 Å². The third kappa shape index (κ3) is 3.00. The van der Waals surface area contributed by atoms with Gasteiger partial charge in [-0.1, -0.05) is 61.0 Å². The van der Waals surface area contributed by atoms with Crippen LogP contribution in [-0.2, 0) is 0 Å². The van der Waals surface area contributed by atoms with Crippen LogP contribution in [-0.4, -0.2) is 6.54 Å². The summed E-state index contributed by atoms with van der Waals surface area (Å²) in [5, 5.41) is 4.54. The summed E-state index contributed by atoms with van der Waals surface area (Å²) in [6.45, 7) is 5.28. The zero-order valence-corrected chi connectivity index (χ0v) is 13.4. The van der Waals surface area contributed by atoms with Crippen molar-refractivity contribution in [1.29, 1.82) is 0 Å². The van der Waals surface area contributed by atoms with E-state index in [1.165, 1.54) is 23.1 Å². The summed E-state index contributed by atoms with van der Waals surface area (Å²) in [5.74, 6) is 1.35. The molecule has 1 nitrogen and oxygen atoms in total. The highest BCUT2D eigenvalue weighted by atomic mass is 35.5. The molecule has 3 rings (SSSR count). The van der Waals surface area contributed by atoms with Gasteiger partial charge in [-0.05, 0) is 54.5 Å². The van der Waals surface area contributed by atoms with E-state index in [1.807, 2.05) is 6.07 Å². The van der Waals surface area contributed by atoms with Gasteiger partial charge in [0.1, 0.15) is 0 Å². The molecule has 21 heavy (non-hydrogen) atoms. The highest BCUT2D eigenvalue weighted by Gasteiger charge is 2.44. The number of nitrogens with one attached hydrogen (secondary N) is 1. The van der Waals surface area contributed by atoms with E-state index in [0.717, 1.165) is 11.6 Å². The first-order valence-electron chi connectivity index (χ1n) is 7.75. The van der Waals surface area contributed by atoms with Gasteiger partial charge >= 0.3 is 0 Å². The summed E-state index contributed by atoms with van der Waals surface area (Å²) in [6, 6.07) is 17.5. The Morgan fingerprint density at radius 3 is 2.62 bits per heavy atom. The van der Waals surface area contributed by atoms with Crippen molar-refractivity contribution in [3.8, 4) is 0 Å². The molecule has 0 heterocycles. The van der Waals surface area contributed by atoms with Crippen LogP contribution < -0.4 is 5.32 Å². The van der Waals surface area contributed by atoms with Gasteiger partial charge in [0.2, 0.25) is 0 Å². The Morgan fingerprint density at radius 1 is 1.14 bits per heavy atom. The fourth-order valence-electron chi connectivity index (χ4n) is 3.34. The molecule has 0 amide bonds. The second-order valence-electron chi connectivity index (χ2n) is 5.91. The lowest BCUT2D eigenvalue weighted by atomic mass is 9.95. The Balaban J connectivity index is 1.85. The van der Waals surface area contributed by atoms with Crippen LogP contribution in [0.4, 0.5) is 0 Å². The molecular formula is C19H22ClN. The van der Waals surface area contributed by atoms with Crippen molar-refractivity contribution in [2.75, 3.05) is 6.54 Å². The summed E-state index contributed by atoms with van der Waals surface area (Å²) < 4.78 is 0. The Hall–Kier alpha value is -1.31. The van der Waals surface area contributed by atoms with Crippen LogP contribution in [0.5, 0.6) is 0 Å². The standard InChI is InChI=1S/C19H22ClN/c1-3-21-19(15-10-7-11-18(20)13(15)2)17-12-16(17)14-8-5-4-6-9-14/h4-11,16-17,19,21H,3,12H2,1-2H3. The maximum Gasteiger partial charge on any atom is 0.0438 e. The van der Waals surface area contributed by atoms with Gasteiger partial charge in [-0.25, -0.2) is 0 Å². The van der Waals surface area contributed by atoms with Gasteiger partial charge in [0, 0.05) is 11.1 Å². The molecule has 0 spiro atoms. The first kappa shape index (κ1) is 14.6. The third-order valence-corrected chi connectivity index (χ3v) is 4.97. The van der Waals surface area contributed by atoms with Gasteiger partial charge in [-0.15, -0.1) is 0 Å². The fourth-order valence-corrected chi connectivity index (χ4v) is 3.52.